The number of carbonyl (C=O) groups is 1. The molecule has 0 aromatic heterocycles. The first-order valence-corrected chi connectivity index (χ1v) is 3.41. The van der Waals surface area contributed by atoms with Gasteiger partial charge in [-0.2, -0.15) is 0 Å². The summed E-state index contributed by atoms with van der Waals surface area (Å²) in [5, 5.41) is 0. The molecular formula is C9H11ClO. The van der Waals surface area contributed by atoms with E-state index in [2.05, 4.69) is 0 Å². The predicted octanol–water partition coefficient (Wildman–Crippen LogP) is 2.24. The van der Waals surface area contributed by atoms with Crippen LogP contribution in [-0.4, -0.2) is 6.29 Å². The van der Waals surface area contributed by atoms with Gasteiger partial charge in [-0.1, -0.05) is 30.3 Å². The van der Waals surface area contributed by atoms with Crippen LogP contribution in [0.2, 0.25) is 0 Å². The fraction of sp³-hybridized carbons (Fsp3) is 0.222. The SMILES string of the molecule is Cl.O=CCCc1ccccc1. The van der Waals surface area contributed by atoms with Crippen molar-refractivity contribution in [3.63, 3.8) is 0 Å². The van der Waals surface area contributed by atoms with Gasteiger partial charge in [0.05, 0.1) is 0 Å². The van der Waals surface area contributed by atoms with Crippen molar-refractivity contribution in [1.29, 1.82) is 0 Å². The first kappa shape index (κ1) is 10.2. The van der Waals surface area contributed by atoms with Crippen molar-refractivity contribution >= 4 is 18.7 Å². The number of carbonyl (C=O) groups excluding carboxylic acids is 1. The van der Waals surface area contributed by atoms with Gasteiger partial charge in [0, 0.05) is 6.42 Å². The van der Waals surface area contributed by atoms with Crippen molar-refractivity contribution in [2.24, 2.45) is 0 Å². The Bertz CT molecular complexity index is 196. The molecule has 0 fully saturated rings. The van der Waals surface area contributed by atoms with Crippen LogP contribution in [-0.2, 0) is 11.2 Å². The van der Waals surface area contributed by atoms with Gasteiger partial charge in [-0.15, -0.1) is 12.4 Å². The van der Waals surface area contributed by atoms with Gasteiger partial charge in [0.2, 0.25) is 0 Å². The Hall–Kier alpha value is -0.820. The second kappa shape index (κ2) is 5.93. The molecule has 0 amide bonds. The summed E-state index contributed by atoms with van der Waals surface area (Å²) in [5.41, 5.74) is 1.23. The maximum Gasteiger partial charge on any atom is 0.120 e. The van der Waals surface area contributed by atoms with Gasteiger partial charge in [-0.05, 0) is 12.0 Å². The van der Waals surface area contributed by atoms with Gasteiger partial charge >= 0.3 is 0 Å². The third-order valence-electron chi connectivity index (χ3n) is 1.39. The van der Waals surface area contributed by atoms with Crippen molar-refractivity contribution in [3.05, 3.63) is 35.9 Å². The minimum absolute atomic E-state index is 0. The third kappa shape index (κ3) is 3.79. The molecule has 1 aromatic rings. The van der Waals surface area contributed by atoms with E-state index in [0.29, 0.717) is 6.42 Å². The number of rotatable bonds is 3. The smallest absolute Gasteiger partial charge is 0.120 e. The second-order valence-electron chi connectivity index (χ2n) is 2.19. The molecule has 1 aromatic carbocycles. The lowest BCUT2D eigenvalue weighted by atomic mass is 10.1. The van der Waals surface area contributed by atoms with Crippen molar-refractivity contribution in [2.45, 2.75) is 12.8 Å². The van der Waals surface area contributed by atoms with Crippen LogP contribution in [0.1, 0.15) is 12.0 Å². The van der Waals surface area contributed by atoms with E-state index in [1.54, 1.807) is 0 Å². The molecule has 0 aliphatic rings. The fourth-order valence-electron chi connectivity index (χ4n) is 0.870. The summed E-state index contributed by atoms with van der Waals surface area (Å²) in [6.07, 6.45) is 2.45. The molecule has 0 spiro atoms. The molecule has 11 heavy (non-hydrogen) atoms. The molecule has 0 bridgehead atoms. The molecule has 0 aliphatic heterocycles. The highest BCUT2D eigenvalue weighted by Crippen LogP contribution is 1.99. The Balaban J connectivity index is 0.000001000. The average Bonchev–Trinajstić information content (AvgIpc) is 2.03. The Morgan fingerprint density at radius 2 is 1.82 bits per heavy atom. The topological polar surface area (TPSA) is 17.1 Å². The highest BCUT2D eigenvalue weighted by atomic mass is 35.5. The Kier molecular flexibility index (Phi) is 5.49. The third-order valence-corrected chi connectivity index (χ3v) is 1.39. The molecule has 0 N–H and O–H groups in total. The van der Waals surface area contributed by atoms with Crippen LogP contribution < -0.4 is 0 Å². The molecule has 0 atom stereocenters. The Morgan fingerprint density at radius 3 is 2.36 bits per heavy atom. The van der Waals surface area contributed by atoms with Crippen molar-refractivity contribution < 1.29 is 4.79 Å². The first-order chi connectivity index (χ1) is 4.93. The van der Waals surface area contributed by atoms with Gasteiger partial charge in [0.25, 0.3) is 0 Å². The molecule has 0 heterocycles. The van der Waals surface area contributed by atoms with E-state index in [1.165, 1.54) is 5.56 Å². The molecule has 0 saturated heterocycles. The van der Waals surface area contributed by atoms with Crippen molar-refractivity contribution in [1.82, 2.24) is 0 Å². The lowest BCUT2D eigenvalue weighted by molar-refractivity contribution is -0.107. The molecular weight excluding hydrogens is 160 g/mol. The summed E-state index contributed by atoms with van der Waals surface area (Å²) < 4.78 is 0. The lowest BCUT2D eigenvalue weighted by Gasteiger charge is -1.93. The molecule has 1 nitrogen and oxygen atoms in total. The van der Waals surface area contributed by atoms with Crippen LogP contribution in [0, 0.1) is 0 Å². The molecule has 2 heteroatoms. The molecule has 1 rings (SSSR count). The van der Waals surface area contributed by atoms with E-state index in [4.69, 9.17) is 0 Å². The highest BCUT2D eigenvalue weighted by molar-refractivity contribution is 5.85. The predicted molar refractivity (Wildman–Crippen MR) is 48.1 cm³/mol. The maximum absolute atomic E-state index is 9.98. The van der Waals surface area contributed by atoms with E-state index in [9.17, 15) is 4.79 Å². The van der Waals surface area contributed by atoms with Crippen LogP contribution in [0.15, 0.2) is 30.3 Å². The summed E-state index contributed by atoms with van der Waals surface area (Å²) in [7, 11) is 0. The summed E-state index contributed by atoms with van der Waals surface area (Å²) in [4.78, 5) is 9.98. The van der Waals surface area contributed by atoms with Crippen LogP contribution in [0.25, 0.3) is 0 Å². The average molecular weight is 171 g/mol. The van der Waals surface area contributed by atoms with Crippen LogP contribution in [0.4, 0.5) is 0 Å². The molecule has 60 valence electrons. The van der Waals surface area contributed by atoms with Crippen LogP contribution in [0.5, 0.6) is 0 Å². The van der Waals surface area contributed by atoms with Gasteiger partial charge < -0.3 is 4.79 Å². The number of aryl methyl sites for hydroxylation is 1. The zero-order valence-corrected chi connectivity index (χ0v) is 7.01. The zero-order valence-electron chi connectivity index (χ0n) is 6.19. The molecule has 0 aliphatic carbocycles. The summed E-state index contributed by atoms with van der Waals surface area (Å²) in [6.45, 7) is 0. The molecule has 0 unspecified atom stereocenters. The van der Waals surface area contributed by atoms with E-state index < -0.39 is 0 Å². The Labute approximate surface area is 72.8 Å². The standard InChI is InChI=1S/C9H10O.ClH/c10-8-4-7-9-5-2-1-3-6-9;/h1-3,5-6,8H,4,7H2;1H. The normalized spacial score (nSPS) is 8.36. The fourth-order valence-corrected chi connectivity index (χ4v) is 0.870. The number of hydrogen-bond acceptors (Lipinski definition) is 1. The maximum atomic E-state index is 9.98. The number of aldehydes is 1. The highest BCUT2D eigenvalue weighted by Gasteiger charge is 1.87. The summed E-state index contributed by atoms with van der Waals surface area (Å²) in [5.74, 6) is 0. The molecule has 0 saturated carbocycles. The van der Waals surface area contributed by atoms with Gasteiger partial charge in [-0.3, -0.25) is 0 Å². The zero-order chi connectivity index (χ0) is 7.23. The largest absolute Gasteiger partial charge is 0.303 e. The van der Waals surface area contributed by atoms with E-state index in [-0.39, 0.29) is 12.4 Å². The minimum atomic E-state index is 0. The van der Waals surface area contributed by atoms with Crippen molar-refractivity contribution in [3.8, 4) is 0 Å². The van der Waals surface area contributed by atoms with Gasteiger partial charge in [0.1, 0.15) is 6.29 Å². The van der Waals surface area contributed by atoms with Gasteiger partial charge in [0.15, 0.2) is 0 Å². The number of hydrogen-bond donors (Lipinski definition) is 0. The van der Waals surface area contributed by atoms with E-state index in [1.807, 2.05) is 30.3 Å². The van der Waals surface area contributed by atoms with E-state index in [0.717, 1.165) is 12.7 Å². The Morgan fingerprint density at radius 1 is 1.18 bits per heavy atom. The monoisotopic (exact) mass is 170 g/mol. The lowest BCUT2D eigenvalue weighted by Crippen LogP contribution is -1.83. The summed E-state index contributed by atoms with van der Waals surface area (Å²) in [6, 6.07) is 10.0. The summed E-state index contributed by atoms with van der Waals surface area (Å²) >= 11 is 0. The minimum Gasteiger partial charge on any atom is -0.303 e. The number of halogens is 1. The van der Waals surface area contributed by atoms with Gasteiger partial charge in [-0.25, -0.2) is 0 Å². The van der Waals surface area contributed by atoms with Crippen molar-refractivity contribution in [2.75, 3.05) is 0 Å². The first-order valence-electron chi connectivity index (χ1n) is 3.41. The van der Waals surface area contributed by atoms with E-state index >= 15 is 0 Å². The van der Waals surface area contributed by atoms with Crippen LogP contribution in [0.3, 0.4) is 0 Å². The number of benzene rings is 1. The van der Waals surface area contributed by atoms with Crippen LogP contribution >= 0.6 is 12.4 Å². The quantitative estimate of drug-likeness (QED) is 0.636. The molecule has 0 radical (unpaired) electrons. The second-order valence-corrected chi connectivity index (χ2v) is 2.19.